The van der Waals surface area contributed by atoms with Gasteiger partial charge in [0.1, 0.15) is 15.4 Å². The van der Waals surface area contributed by atoms with Crippen molar-refractivity contribution >= 4 is 32.3 Å². The highest BCUT2D eigenvalue weighted by Gasteiger charge is 2.21. The van der Waals surface area contributed by atoms with Gasteiger partial charge in [-0.05, 0) is 60.4 Å². The Morgan fingerprint density at radius 2 is 1.91 bits per heavy atom. The van der Waals surface area contributed by atoms with E-state index in [2.05, 4.69) is 60.4 Å². The normalized spacial score (nSPS) is 14.8. The van der Waals surface area contributed by atoms with Crippen LogP contribution in [-0.4, -0.2) is 48.5 Å². The number of anilines is 1. The molecule has 1 aliphatic heterocycles. The highest BCUT2D eigenvalue weighted by atomic mass is 32.2. The minimum Gasteiger partial charge on any atom is -0.372 e. The first-order valence-electron chi connectivity index (χ1n) is 11.6. The van der Waals surface area contributed by atoms with Gasteiger partial charge < -0.3 is 9.88 Å². The Balaban J connectivity index is 1.74. The molecule has 0 radical (unpaired) electrons. The Bertz CT molecular complexity index is 1280. The molecular weight excluding hydrogens is 432 g/mol. The lowest BCUT2D eigenvalue weighted by Crippen LogP contribution is -2.18. The van der Waals surface area contributed by atoms with Crippen molar-refractivity contribution < 1.29 is 8.42 Å². The minimum atomic E-state index is -2.97. The standard InChI is InChI=1S/C26H34N4O2S/c1-18(26(2,3)4)22-16-27-25-24(22)29-23(17-28-25)20-13-19(9-8-12-33(5,31)32)14-21(15-20)30-10-6-7-11-30/h13-17H,1,6-12H2,2-5H3,(H,27,28). The lowest BCUT2D eigenvalue weighted by atomic mass is 9.84. The van der Waals surface area contributed by atoms with Crippen LogP contribution in [0.1, 0.15) is 51.2 Å². The number of rotatable bonds is 7. The average molecular weight is 467 g/mol. The molecule has 1 aromatic carbocycles. The van der Waals surface area contributed by atoms with E-state index in [1.54, 1.807) is 0 Å². The third kappa shape index (κ3) is 5.46. The molecule has 1 fully saturated rings. The van der Waals surface area contributed by atoms with E-state index in [9.17, 15) is 8.42 Å². The van der Waals surface area contributed by atoms with Crippen molar-refractivity contribution in [3.8, 4) is 11.3 Å². The van der Waals surface area contributed by atoms with E-state index >= 15 is 0 Å². The number of hydrogen-bond donors (Lipinski definition) is 1. The van der Waals surface area contributed by atoms with Crippen LogP contribution in [0.5, 0.6) is 0 Å². The van der Waals surface area contributed by atoms with Crippen LogP contribution in [0.4, 0.5) is 5.69 Å². The van der Waals surface area contributed by atoms with Gasteiger partial charge in [-0.2, -0.15) is 0 Å². The van der Waals surface area contributed by atoms with Gasteiger partial charge in [-0.1, -0.05) is 27.4 Å². The first-order valence-corrected chi connectivity index (χ1v) is 13.7. The second-order valence-electron chi connectivity index (χ2n) is 10.2. The zero-order valence-corrected chi connectivity index (χ0v) is 20.9. The Morgan fingerprint density at radius 1 is 1.18 bits per heavy atom. The van der Waals surface area contributed by atoms with Gasteiger partial charge in [0.05, 0.1) is 17.6 Å². The summed E-state index contributed by atoms with van der Waals surface area (Å²) in [6, 6.07) is 6.51. The number of nitrogens with one attached hydrogen (secondary N) is 1. The minimum absolute atomic E-state index is 0.0741. The fraction of sp³-hybridized carbons (Fsp3) is 0.462. The topological polar surface area (TPSA) is 79.0 Å². The molecule has 33 heavy (non-hydrogen) atoms. The van der Waals surface area contributed by atoms with E-state index in [0.29, 0.717) is 12.8 Å². The van der Waals surface area contributed by atoms with E-state index in [1.165, 1.54) is 24.8 Å². The van der Waals surface area contributed by atoms with Crippen molar-refractivity contribution in [3.63, 3.8) is 0 Å². The number of aromatic amines is 1. The van der Waals surface area contributed by atoms with Crippen molar-refractivity contribution in [1.29, 1.82) is 0 Å². The lowest BCUT2D eigenvalue weighted by Gasteiger charge is -2.21. The second-order valence-corrected chi connectivity index (χ2v) is 12.5. The number of H-pyrrole nitrogens is 1. The van der Waals surface area contributed by atoms with E-state index in [4.69, 9.17) is 4.98 Å². The summed E-state index contributed by atoms with van der Waals surface area (Å²) in [5, 5.41) is 0. The first-order chi connectivity index (χ1) is 15.5. The Morgan fingerprint density at radius 3 is 2.58 bits per heavy atom. The second kappa shape index (κ2) is 8.93. The molecule has 3 heterocycles. The first kappa shape index (κ1) is 23.5. The molecule has 0 amide bonds. The van der Waals surface area contributed by atoms with Gasteiger partial charge in [0.2, 0.25) is 0 Å². The molecule has 7 heteroatoms. The van der Waals surface area contributed by atoms with Gasteiger partial charge in [-0.25, -0.2) is 18.4 Å². The number of benzene rings is 1. The SMILES string of the molecule is C=C(c1c[nH]c2ncc(-c3cc(CCCS(C)(=O)=O)cc(N4CCCC4)c3)nc12)C(C)(C)C. The molecule has 2 aromatic heterocycles. The molecule has 176 valence electrons. The molecule has 4 rings (SSSR count). The van der Waals surface area contributed by atoms with Crippen molar-refractivity contribution in [3.05, 3.63) is 48.3 Å². The summed E-state index contributed by atoms with van der Waals surface area (Å²) in [5.41, 5.74) is 7.66. The van der Waals surface area contributed by atoms with Gasteiger partial charge in [0.25, 0.3) is 0 Å². The fourth-order valence-corrected chi connectivity index (χ4v) is 5.00. The van der Waals surface area contributed by atoms with Crippen LogP contribution in [0.15, 0.2) is 37.2 Å². The number of sulfone groups is 1. The predicted molar refractivity (Wildman–Crippen MR) is 137 cm³/mol. The lowest BCUT2D eigenvalue weighted by molar-refractivity contribution is 0.568. The molecule has 0 spiro atoms. The Hall–Kier alpha value is -2.67. The van der Waals surface area contributed by atoms with Crippen LogP contribution < -0.4 is 4.90 Å². The molecule has 0 atom stereocenters. The van der Waals surface area contributed by atoms with Crippen LogP contribution in [0.3, 0.4) is 0 Å². The van der Waals surface area contributed by atoms with Crippen LogP contribution in [0, 0.1) is 5.41 Å². The van der Waals surface area contributed by atoms with Crippen molar-refractivity contribution in [2.45, 2.75) is 46.5 Å². The van der Waals surface area contributed by atoms with Crippen molar-refractivity contribution in [1.82, 2.24) is 15.0 Å². The molecule has 1 saturated heterocycles. The highest BCUT2D eigenvalue weighted by molar-refractivity contribution is 7.90. The summed E-state index contributed by atoms with van der Waals surface area (Å²) >= 11 is 0. The maximum absolute atomic E-state index is 11.6. The summed E-state index contributed by atoms with van der Waals surface area (Å²) in [4.78, 5) is 15.3. The average Bonchev–Trinajstić information content (AvgIpc) is 3.41. The molecule has 3 aromatic rings. The molecule has 0 bridgehead atoms. The molecule has 1 N–H and O–H groups in total. The summed E-state index contributed by atoms with van der Waals surface area (Å²) in [6.45, 7) is 12.8. The quantitative estimate of drug-likeness (QED) is 0.514. The highest BCUT2D eigenvalue weighted by Crippen LogP contribution is 2.36. The molecule has 1 aliphatic rings. The Labute approximate surface area is 197 Å². The van der Waals surface area contributed by atoms with Gasteiger partial charge in [0, 0.05) is 42.4 Å². The van der Waals surface area contributed by atoms with E-state index in [0.717, 1.165) is 52.2 Å². The third-order valence-electron chi connectivity index (χ3n) is 6.34. The molecule has 0 saturated carbocycles. The molecule has 0 unspecified atom stereocenters. The third-order valence-corrected chi connectivity index (χ3v) is 7.37. The van der Waals surface area contributed by atoms with Gasteiger partial charge in [-0.3, -0.25) is 0 Å². The zero-order valence-electron chi connectivity index (χ0n) is 20.1. The zero-order chi connectivity index (χ0) is 23.8. The van der Waals surface area contributed by atoms with Crippen LogP contribution in [-0.2, 0) is 16.3 Å². The molecule has 0 aliphatic carbocycles. The van der Waals surface area contributed by atoms with Crippen LogP contribution in [0.25, 0.3) is 28.0 Å². The summed E-state index contributed by atoms with van der Waals surface area (Å²) < 4.78 is 23.2. The molecular formula is C26H34N4O2S. The summed E-state index contributed by atoms with van der Waals surface area (Å²) in [7, 11) is -2.97. The number of hydrogen-bond acceptors (Lipinski definition) is 5. The Kier molecular flexibility index (Phi) is 6.36. The van der Waals surface area contributed by atoms with Crippen molar-refractivity contribution in [2.24, 2.45) is 5.41 Å². The van der Waals surface area contributed by atoms with Crippen LogP contribution >= 0.6 is 0 Å². The number of aryl methyl sites for hydroxylation is 1. The number of fused-ring (bicyclic) bond motifs is 1. The summed E-state index contributed by atoms with van der Waals surface area (Å²) in [6.07, 6.45) is 8.77. The van der Waals surface area contributed by atoms with E-state index < -0.39 is 9.84 Å². The van der Waals surface area contributed by atoms with Gasteiger partial charge in [0.15, 0.2) is 5.65 Å². The summed E-state index contributed by atoms with van der Waals surface area (Å²) in [5.74, 6) is 0.198. The van der Waals surface area contributed by atoms with Crippen LogP contribution in [0.2, 0.25) is 0 Å². The number of nitrogens with zero attached hydrogens (tertiary/aromatic N) is 3. The van der Waals surface area contributed by atoms with E-state index in [1.807, 2.05) is 12.4 Å². The maximum Gasteiger partial charge on any atom is 0.156 e. The largest absolute Gasteiger partial charge is 0.372 e. The van der Waals surface area contributed by atoms with E-state index in [-0.39, 0.29) is 11.2 Å². The maximum atomic E-state index is 11.6. The number of allylic oxidation sites excluding steroid dienone is 1. The number of aromatic nitrogens is 3. The fourth-order valence-electron chi connectivity index (χ4n) is 4.33. The van der Waals surface area contributed by atoms with Crippen molar-refractivity contribution in [2.75, 3.05) is 30.0 Å². The predicted octanol–water partition coefficient (Wildman–Crippen LogP) is 5.26. The van der Waals surface area contributed by atoms with Gasteiger partial charge >= 0.3 is 0 Å². The smallest absolute Gasteiger partial charge is 0.156 e. The molecule has 6 nitrogen and oxygen atoms in total. The monoisotopic (exact) mass is 466 g/mol. The van der Waals surface area contributed by atoms with Gasteiger partial charge in [-0.15, -0.1) is 0 Å².